The van der Waals surface area contributed by atoms with E-state index in [0.717, 1.165) is 53.9 Å². The molecule has 0 bridgehead atoms. The first kappa shape index (κ1) is 33.0. The second-order valence-electron chi connectivity index (χ2n) is 11.9. The number of piperidine rings is 1. The molecular formula is C35H34F3N7O2S. The van der Waals surface area contributed by atoms with Crippen molar-refractivity contribution in [3.63, 3.8) is 0 Å². The van der Waals surface area contributed by atoms with Crippen LogP contribution in [0.25, 0.3) is 21.1 Å². The number of likely N-dealkylation sites (tertiary alicyclic amines) is 1. The first-order chi connectivity index (χ1) is 23.0. The average molecular weight is 674 g/mol. The van der Waals surface area contributed by atoms with Gasteiger partial charge in [0.15, 0.2) is 0 Å². The third-order valence-electron chi connectivity index (χ3n) is 8.50. The number of anilines is 2. The largest absolute Gasteiger partial charge is 0.508 e. The van der Waals surface area contributed by atoms with E-state index in [1.807, 2.05) is 18.2 Å². The predicted molar refractivity (Wildman–Crippen MR) is 182 cm³/mol. The summed E-state index contributed by atoms with van der Waals surface area (Å²) in [5.74, 6) is 0.646. The molecule has 0 spiro atoms. The number of phenolic OH excluding ortho intramolecular Hbond substituents is 1. The van der Waals surface area contributed by atoms with E-state index in [2.05, 4.69) is 44.7 Å². The number of aliphatic hydroxyl groups is 1. The Hall–Kier alpha value is -4.90. The lowest BCUT2D eigenvalue weighted by molar-refractivity contribution is -0.126. The van der Waals surface area contributed by atoms with Gasteiger partial charge in [-0.1, -0.05) is 25.3 Å². The lowest BCUT2D eigenvalue weighted by atomic mass is 10.0. The Balaban J connectivity index is 1.10. The van der Waals surface area contributed by atoms with Crippen LogP contribution in [0.15, 0.2) is 79.8 Å². The molecular weight excluding hydrogens is 639 g/mol. The summed E-state index contributed by atoms with van der Waals surface area (Å²) >= 11 is 1.03. The number of halogens is 3. The van der Waals surface area contributed by atoms with E-state index in [0.29, 0.717) is 45.1 Å². The zero-order chi connectivity index (χ0) is 34.0. The number of thiophene rings is 1. The van der Waals surface area contributed by atoms with Gasteiger partial charge in [0.2, 0.25) is 0 Å². The van der Waals surface area contributed by atoms with Crippen molar-refractivity contribution in [2.45, 2.75) is 50.7 Å². The van der Waals surface area contributed by atoms with Gasteiger partial charge >= 0.3 is 6.18 Å². The molecule has 0 saturated carbocycles. The number of nitrogens with zero attached hydrogens (tertiary/aromatic N) is 5. The van der Waals surface area contributed by atoms with Crippen molar-refractivity contribution in [3.8, 4) is 11.8 Å². The zero-order valence-corrected chi connectivity index (χ0v) is 26.8. The molecule has 3 aromatic heterocycles. The summed E-state index contributed by atoms with van der Waals surface area (Å²) in [5, 5.41) is 39.8. The molecule has 1 unspecified atom stereocenters. The van der Waals surface area contributed by atoms with E-state index in [1.165, 1.54) is 12.4 Å². The minimum Gasteiger partial charge on any atom is -0.508 e. The van der Waals surface area contributed by atoms with Crippen LogP contribution in [0.1, 0.15) is 40.6 Å². The fourth-order valence-corrected chi connectivity index (χ4v) is 7.07. The van der Waals surface area contributed by atoms with Gasteiger partial charge < -0.3 is 25.4 Å². The fraction of sp³-hybridized carbons (Fsp3) is 0.286. The maximum Gasteiger partial charge on any atom is 0.393 e. The number of hydrogen-bond donors (Lipinski definition) is 4. The minimum atomic E-state index is -4.29. The van der Waals surface area contributed by atoms with Crippen LogP contribution in [0.3, 0.4) is 0 Å². The Kier molecular flexibility index (Phi) is 9.41. The van der Waals surface area contributed by atoms with E-state index in [4.69, 9.17) is 0 Å². The third-order valence-corrected chi connectivity index (χ3v) is 9.54. The van der Waals surface area contributed by atoms with Gasteiger partial charge in [-0.3, -0.25) is 4.90 Å². The number of allylic oxidation sites excluding steroid dienone is 1. The smallest absolute Gasteiger partial charge is 0.393 e. The Morgan fingerprint density at radius 3 is 2.58 bits per heavy atom. The topological polar surface area (TPSA) is 122 Å². The summed E-state index contributed by atoms with van der Waals surface area (Å²) in [6.07, 6.45) is -1.62. The van der Waals surface area contributed by atoms with Crippen molar-refractivity contribution in [2.75, 3.05) is 23.7 Å². The van der Waals surface area contributed by atoms with E-state index < -0.39 is 18.7 Å². The number of rotatable bonds is 11. The summed E-state index contributed by atoms with van der Waals surface area (Å²) in [5.41, 5.74) is 3.91. The molecule has 1 aliphatic heterocycles. The number of nitrogens with one attached hydrogen (secondary N) is 2. The molecule has 0 aliphatic carbocycles. The third kappa shape index (κ3) is 7.46. The van der Waals surface area contributed by atoms with E-state index in [-0.39, 0.29) is 23.2 Å². The number of fused-ring (bicyclic) bond motifs is 2. The summed E-state index contributed by atoms with van der Waals surface area (Å²) in [6, 6.07) is 16.4. The first-order valence-electron chi connectivity index (χ1n) is 15.4. The molecule has 9 nitrogen and oxygen atoms in total. The number of nitriles is 1. The second-order valence-corrected chi connectivity index (χ2v) is 13.0. The highest BCUT2D eigenvalue weighted by Crippen LogP contribution is 2.34. The highest BCUT2D eigenvalue weighted by atomic mass is 32.1. The highest BCUT2D eigenvalue weighted by Gasteiger charge is 2.29. The number of alkyl halides is 3. The van der Waals surface area contributed by atoms with E-state index in [9.17, 15) is 28.6 Å². The molecule has 1 aliphatic rings. The number of hydrogen-bond acceptors (Lipinski definition) is 9. The van der Waals surface area contributed by atoms with Crippen LogP contribution in [0.5, 0.6) is 5.75 Å². The Bertz CT molecular complexity index is 2010. The number of aliphatic hydroxyl groups excluding tert-OH is 1. The maximum absolute atomic E-state index is 12.9. The molecule has 1 fully saturated rings. The number of aromatic hydroxyl groups is 1. The van der Waals surface area contributed by atoms with Gasteiger partial charge in [0, 0.05) is 59.0 Å². The summed E-state index contributed by atoms with van der Waals surface area (Å²) in [4.78, 5) is 11.4. The maximum atomic E-state index is 12.9. The number of benzene rings is 2. The van der Waals surface area contributed by atoms with Gasteiger partial charge in [-0.15, -0.1) is 11.3 Å². The van der Waals surface area contributed by atoms with Crippen molar-refractivity contribution in [3.05, 3.63) is 101 Å². The minimum absolute atomic E-state index is 0.0825. The molecule has 1 atom stereocenters. The van der Waals surface area contributed by atoms with Gasteiger partial charge in [-0.25, -0.2) is 9.97 Å². The van der Waals surface area contributed by atoms with Gasteiger partial charge in [0.25, 0.3) is 0 Å². The molecule has 6 rings (SSSR count). The van der Waals surface area contributed by atoms with Crippen LogP contribution in [-0.2, 0) is 19.5 Å². The molecule has 1 saturated heterocycles. The second kappa shape index (κ2) is 13.7. The predicted octanol–water partition coefficient (Wildman–Crippen LogP) is 7.25. The van der Waals surface area contributed by atoms with Gasteiger partial charge in [0.05, 0.1) is 30.0 Å². The lowest BCUT2D eigenvalue weighted by Gasteiger charge is -2.32. The molecule has 4 heterocycles. The molecule has 48 heavy (non-hydrogen) atoms. The van der Waals surface area contributed by atoms with Gasteiger partial charge in [-0.05, 0) is 54.8 Å². The van der Waals surface area contributed by atoms with Crippen molar-refractivity contribution in [1.29, 1.82) is 5.26 Å². The molecule has 13 heteroatoms. The van der Waals surface area contributed by atoms with Crippen molar-refractivity contribution >= 4 is 44.0 Å². The average Bonchev–Trinajstić information content (AvgIpc) is 3.61. The zero-order valence-electron chi connectivity index (χ0n) is 26.0. The van der Waals surface area contributed by atoms with Crippen molar-refractivity contribution < 1.29 is 23.4 Å². The molecule has 5 aromatic rings. The highest BCUT2D eigenvalue weighted by molar-refractivity contribution is 7.18. The fourth-order valence-electron chi connectivity index (χ4n) is 6.04. The molecule has 248 valence electrons. The molecule has 4 N–H and O–H groups in total. The van der Waals surface area contributed by atoms with Gasteiger partial charge in [-0.2, -0.15) is 18.4 Å². The molecule has 0 amide bonds. The first-order valence-corrected chi connectivity index (χ1v) is 16.2. The summed E-state index contributed by atoms with van der Waals surface area (Å²) < 4.78 is 40.5. The summed E-state index contributed by atoms with van der Waals surface area (Å²) in [7, 11) is 0. The Labute approximate surface area is 279 Å². The summed E-state index contributed by atoms with van der Waals surface area (Å²) in [6.45, 7) is 9.62. The van der Waals surface area contributed by atoms with Crippen LogP contribution in [-0.4, -0.2) is 55.0 Å². The van der Waals surface area contributed by atoms with E-state index in [1.54, 1.807) is 34.9 Å². The Morgan fingerprint density at radius 1 is 1.15 bits per heavy atom. The van der Waals surface area contributed by atoms with Gasteiger partial charge in [0.1, 0.15) is 34.5 Å². The lowest BCUT2D eigenvalue weighted by Crippen LogP contribution is -2.38. The molecule has 0 radical (unpaired) electrons. The van der Waals surface area contributed by atoms with Crippen LogP contribution >= 0.6 is 11.3 Å². The number of aromatic nitrogens is 3. The quantitative estimate of drug-likeness (QED) is 0.108. The van der Waals surface area contributed by atoms with E-state index >= 15 is 0 Å². The van der Waals surface area contributed by atoms with Crippen molar-refractivity contribution in [2.24, 2.45) is 0 Å². The van der Waals surface area contributed by atoms with Crippen LogP contribution in [0, 0.1) is 11.3 Å². The Morgan fingerprint density at radius 2 is 1.90 bits per heavy atom. The molecule has 2 aromatic carbocycles. The number of phenols is 1. The van der Waals surface area contributed by atoms with Crippen LogP contribution in [0.2, 0.25) is 0 Å². The van der Waals surface area contributed by atoms with Crippen LogP contribution < -0.4 is 10.6 Å². The SMILES string of the molecule is C=CC(=C)Nc1ccc(C(O)Cn2c(C#N)cc3cc(CN4CCC(Nc5ncnc6sc(CC(F)(F)F)cc56)CC4)c(O)cc32)cc1. The normalized spacial score (nSPS) is 15.0. The van der Waals surface area contributed by atoms with Crippen molar-refractivity contribution in [1.82, 2.24) is 19.4 Å². The van der Waals surface area contributed by atoms with Crippen LogP contribution in [0.4, 0.5) is 24.7 Å². The standard InChI is InChI=1S/C35H34F3N7O2S/c1-3-21(2)42-25-6-4-22(5-7-25)32(47)19-45-27(17-39)13-23-12-24(31(46)15-30(23)45)18-44-10-8-26(9-11-44)43-33-29-14-28(16-35(36,37)38)48-34(29)41-20-40-33/h3-7,12-15,20,26,32,42,46-47H,1-2,8-11,16,18-19H2,(H,40,41,43). The monoisotopic (exact) mass is 673 g/mol.